The second-order valence-corrected chi connectivity index (χ2v) is 6.72. The molecule has 0 fully saturated rings. The molecule has 3 heterocycles. The number of halogens is 1. The molecule has 0 aliphatic heterocycles. The third-order valence-corrected chi connectivity index (χ3v) is 4.99. The molecule has 8 heteroatoms. The lowest BCUT2D eigenvalue weighted by molar-refractivity contribution is 0.0957. The van der Waals surface area contributed by atoms with E-state index in [1.54, 1.807) is 6.20 Å². The molecule has 0 atom stereocenters. The zero-order valence-electron chi connectivity index (χ0n) is 14.3. The highest BCUT2D eigenvalue weighted by molar-refractivity contribution is 7.20. The van der Waals surface area contributed by atoms with Crippen LogP contribution in [0.5, 0.6) is 0 Å². The van der Waals surface area contributed by atoms with Gasteiger partial charge in [0.25, 0.3) is 5.91 Å². The number of hydrogen-bond acceptors (Lipinski definition) is 5. The smallest absolute Gasteiger partial charge is 0.261 e. The van der Waals surface area contributed by atoms with Gasteiger partial charge in [0.05, 0.1) is 10.6 Å². The first-order valence-corrected chi connectivity index (χ1v) is 8.78. The molecule has 25 heavy (non-hydrogen) atoms. The first-order chi connectivity index (χ1) is 11.6. The third-order valence-electron chi connectivity index (χ3n) is 3.79. The van der Waals surface area contributed by atoms with Crippen LogP contribution in [0, 0.1) is 6.92 Å². The summed E-state index contributed by atoms with van der Waals surface area (Å²) in [6, 6.07) is 5.90. The molecule has 6 nitrogen and oxygen atoms in total. The summed E-state index contributed by atoms with van der Waals surface area (Å²) >= 11 is 1.48. The van der Waals surface area contributed by atoms with Gasteiger partial charge in [-0.1, -0.05) is 6.07 Å². The molecule has 3 aromatic rings. The number of nitrogens with one attached hydrogen (secondary N) is 2. The monoisotopic (exact) mass is 379 g/mol. The number of nitrogens with zero attached hydrogens (tertiary/aromatic N) is 3. The van der Waals surface area contributed by atoms with Crippen LogP contribution in [-0.4, -0.2) is 33.8 Å². The Balaban J connectivity index is 0.00000225. The highest BCUT2D eigenvalue weighted by Gasteiger charge is 2.14. The van der Waals surface area contributed by atoms with Crippen molar-refractivity contribution < 1.29 is 4.79 Å². The molecule has 1 amide bonds. The van der Waals surface area contributed by atoms with E-state index in [1.165, 1.54) is 11.3 Å². The van der Waals surface area contributed by atoms with Gasteiger partial charge in [-0.25, -0.2) is 0 Å². The summed E-state index contributed by atoms with van der Waals surface area (Å²) < 4.78 is 1.83. The fourth-order valence-corrected chi connectivity index (χ4v) is 3.59. The number of pyridine rings is 1. The van der Waals surface area contributed by atoms with Crippen molar-refractivity contribution in [3.8, 4) is 0 Å². The summed E-state index contributed by atoms with van der Waals surface area (Å²) in [5.74, 6) is -0.0112. The van der Waals surface area contributed by atoms with Gasteiger partial charge in [-0.05, 0) is 37.6 Å². The Morgan fingerprint density at radius 2 is 2.20 bits per heavy atom. The van der Waals surface area contributed by atoms with Gasteiger partial charge in [0.1, 0.15) is 4.83 Å². The summed E-state index contributed by atoms with van der Waals surface area (Å²) in [5, 5.41) is 11.7. The number of aromatic nitrogens is 3. The van der Waals surface area contributed by atoms with Crippen LogP contribution in [0.3, 0.4) is 0 Å². The molecule has 0 aliphatic carbocycles. The second kappa shape index (κ2) is 8.94. The number of carbonyl (C=O) groups is 1. The van der Waals surface area contributed by atoms with Crippen molar-refractivity contribution >= 4 is 39.9 Å². The van der Waals surface area contributed by atoms with E-state index in [4.69, 9.17) is 0 Å². The van der Waals surface area contributed by atoms with Gasteiger partial charge in [-0.3, -0.25) is 14.5 Å². The highest BCUT2D eigenvalue weighted by atomic mass is 35.5. The summed E-state index contributed by atoms with van der Waals surface area (Å²) in [7, 11) is 1.90. The number of thiophene rings is 1. The third kappa shape index (κ3) is 4.78. The van der Waals surface area contributed by atoms with E-state index < -0.39 is 0 Å². The number of amides is 1. The zero-order valence-corrected chi connectivity index (χ0v) is 15.9. The van der Waals surface area contributed by atoms with Crippen LogP contribution in [0.2, 0.25) is 0 Å². The van der Waals surface area contributed by atoms with Crippen molar-refractivity contribution in [2.45, 2.75) is 19.9 Å². The number of aryl methyl sites for hydroxylation is 2. The minimum absolute atomic E-state index is 0. The summed E-state index contributed by atoms with van der Waals surface area (Å²) in [6.07, 6.45) is 4.51. The lowest BCUT2D eigenvalue weighted by atomic mass is 10.3. The zero-order chi connectivity index (χ0) is 16.9. The maximum Gasteiger partial charge on any atom is 0.261 e. The van der Waals surface area contributed by atoms with Crippen molar-refractivity contribution in [1.82, 2.24) is 25.4 Å². The quantitative estimate of drug-likeness (QED) is 0.619. The number of rotatable bonds is 7. The molecule has 0 aliphatic rings. The van der Waals surface area contributed by atoms with Crippen molar-refractivity contribution in [1.29, 1.82) is 0 Å². The van der Waals surface area contributed by atoms with Gasteiger partial charge in [0.15, 0.2) is 0 Å². The van der Waals surface area contributed by atoms with Gasteiger partial charge < -0.3 is 10.6 Å². The maximum absolute atomic E-state index is 12.2. The Labute approximate surface area is 157 Å². The highest BCUT2D eigenvalue weighted by Crippen LogP contribution is 2.27. The van der Waals surface area contributed by atoms with Gasteiger partial charge in [-0.2, -0.15) is 5.10 Å². The fourth-order valence-electron chi connectivity index (χ4n) is 2.56. The van der Waals surface area contributed by atoms with Crippen LogP contribution in [0.4, 0.5) is 0 Å². The largest absolute Gasteiger partial charge is 0.351 e. The molecule has 0 spiro atoms. The Bertz CT molecular complexity index is 796. The Kier molecular flexibility index (Phi) is 6.92. The van der Waals surface area contributed by atoms with Crippen LogP contribution < -0.4 is 10.6 Å². The Morgan fingerprint density at radius 1 is 1.36 bits per heavy atom. The van der Waals surface area contributed by atoms with E-state index in [0.717, 1.165) is 45.9 Å². The number of fused-ring (bicyclic) bond motifs is 1. The van der Waals surface area contributed by atoms with E-state index in [9.17, 15) is 4.79 Å². The Hall–Kier alpha value is -1.96. The molecule has 0 aromatic carbocycles. The van der Waals surface area contributed by atoms with Gasteiger partial charge >= 0.3 is 0 Å². The summed E-state index contributed by atoms with van der Waals surface area (Å²) in [4.78, 5) is 18.1. The molecule has 3 aromatic heterocycles. The van der Waals surface area contributed by atoms with Crippen LogP contribution in [0.1, 0.15) is 27.3 Å². The minimum Gasteiger partial charge on any atom is -0.351 e. The maximum atomic E-state index is 12.2. The molecular weight excluding hydrogens is 358 g/mol. The fraction of sp³-hybridized carbons (Fsp3) is 0.353. The summed E-state index contributed by atoms with van der Waals surface area (Å²) in [5.41, 5.74) is 2.12. The van der Waals surface area contributed by atoms with Crippen LogP contribution in [0.25, 0.3) is 10.2 Å². The lowest BCUT2D eigenvalue weighted by Crippen LogP contribution is -2.26. The normalized spacial score (nSPS) is 10.6. The predicted octanol–water partition coefficient (Wildman–Crippen LogP) is 2.67. The van der Waals surface area contributed by atoms with E-state index >= 15 is 0 Å². The van der Waals surface area contributed by atoms with Crippen LogP contribution >= 0.6 is 23.7 Å². The number of carbonyl (C=O) groups excluding carboxylic acids is 1. The number of hydrogen-bond donors (Lipinski definition) is 2. The molecule has 2 N–H and O–H groups in total. The molecule has 134 valence electrons. The van der Waals surface area contributed by atoms with Gasteiger partial charge in [-0.15, -0.1) is 23.7 Å². The summed E-state index contributed by atoms with van der Waals surface area (Å²) in [6.45, 7) is 4.27. The Morgan fingerprint density at radius 3 is 2.92 bits per heavy atom. The van der Waals surface area contributed by atoms with Crippen molar-refractivity contribution in [2.75, 3.05) is 13.1 Å². The second-order valence-electron chi connectivity index (χ2n) is 5.69. The minimum atomic E-state index is -0.0112. The van der Waals surface area contributed by atoms with E-state index in [1.807, 2.05) is 43.0 Å². The SMILES string of the molecule is Cc1nn(C)c2sc(C(=O)NCCCNCc3cccnc3)cc12.Cl. The van der Waals surface area contributed by atoms with Crippen LogP contribution in [0.15, 0.2) is 30.6 Å². The predicted molar refractivity (Wildman–Crippen MR) is 103 cm³/mol. The lowest BCUT2D eigenvalue weighted by Gasteiger charge is -2.05. The molecular formula is C17H22ClN5OS. The van der Waals surface area contributed by atoms with Crippen molar-refractivity contribution in [3.05, 3.63) is 46.7 Å². The average Bonchev–Trinajstić information content (AvgIpc) is 3.14. The first kappa shape index (κ1) is 19.4. The molecule has 0 unspecified atom stereocenters. The molecule has 3 rings (SSSR count). The average molecular weight is 380 g/mol. The van der Waals surface area contributed by atoms with E-state index in [2.05, 4.69) is 20.7 Å². The van der Waals surface area contributed by atoms with E-state index in [-0.39, 0.29) is 18.3 Å². The van der Waals surface area contributed by atoms with Crippen molar-refractivity contribution in [2.24, 2.45) is 7.05 Å². The standard InChI is InChI=1S/C17H21N5OS.ClH/c1-12-14-9-15(24-17(14)22(2)21-12)16(23)20-8-4-7-19-11-13-5-3-6-18-10-13;/h3,5-6,9-10,19H,4,7-8,11H2,1-2H3,(H,20,23);1H. The van der Waals surface area contributed by atoms with E-state index in [0.29, 0.717) is 6.54 Å². The topological polar surface area (TPSA) is 71.8 Å². The first-order valence-electron chi connectivity index (χ1n) is 7.96. The molecule has 0 bridgehead atoms. The van der Waals surface area contributed by atoms with Crippen LogP contribution in [-0.2, 0) is 13.6 Å². The molecule has 0 radical (unpaired) electrons. The van der Waals surface area contributed by atoms with Gasteiger partial charge in [0, 0.05) is 37.9 Å². The van der Waals surface area contributed by atoms with Gasteiger partial charge in [0.2, 0.25) is 0 Å². The molecule has 0 saturated heterocycles. The van der Waals surface area contributed by atoms with Crippen molar-refractivity contribution in [3.63, 3.8) is 0 Å². The molecule has 0 saturated carbocycles.